The van der Waals surface area contributed by atoms with E-state index >= 15 is 0 Å². The van der Waals surface area contributed by atoms with Gasteiger partial charge in [-0.1, -0.05) is 54.6 Å². The number of carbonyl (C=O) groups is 1. The zero-order valence-corrected chi connectivity index (χ0v) is 20.0. The minimum Gasteiger partial charge on any atom is -0.392 e. The van der Waals surface area contributed by atoms with Crippen molar-refractivity contribution in [1.82, 2.24) is 5.32 Å². The van der Waals surface area contributed by atoms with Crippen LogP contribution in [0, 0.1) is 0 Å². The maximum Gasteiger partial charge on any atom is 0.319 e. The lowest BCUT2D eigenvalue weighted by Gasteiger charge is -2.36. The highest BCUT2D eigenvalue weighted by molar-refractivity contribution is 7.99. The van der Waals surface area contributed by atoms with Gasteiger partial charge in [0.05, 0.1) is 18.8 Å². The SMILES string of the molecule is CCNC(=O)Nc1ccc([C@@H]2O[C@H](CSc3ccccc3)C[C@H](c3ccc(CO)cc3)O2)cc1. The lowest BCUT2D eigenvalue weighted by molar-refractivity contribution is -0.245. The first-order valence-electron chi connectivity index (χ1n) is 11.5. The predicted molar refractivity (Wildman–Crippen MR) is 135 cm³/mol. The second-order valence-electron chi connectivity index (χ2n) is 8.08. The zero-order valence-electron chi connectivity index (χ0n) is 19.1. The van der Waals surface area contributed by atoms with Crippen LogP contribution in [-0.4, -0.2) is 29.5 Å². The Morgan fingerprint density at radius 3 is 2.35 bits per heavy atom. The van der Waals surface area contributed by atoms with Crippen molar-refractivity contribution in [3.8, 4) is 0 Å². The van der Waals surface area contributed by atoms with Crippen molar-refractivity contribution in [2.75, 3.05) is 17.6 Å². The number of amides is 2. The van der Waals surface area contributed by atoms with Crippen molar-refractivity contribution in [3.05, 3.63) is 95.6 Å². The monoisotopic (exact) mass is 478 g/mol. The summed E-state index contributed by atoms with van der Waals surface area (Å²) in [6, 6.07) is 25.5. The standard InChI is InChI=1S/C27H30N2O4S/c1-2-28-27(31)29-22-14-12-21(13-15-22)26-32-23(18-34-24-6-4-3-5-7-24)16-25(33-26)20-10-8-19(17-30)9-11-20/h3-15,23,25-26,30H,2,16-18H2,1H3,(H2,28,29,31)/t23-,25+,26+/m0/s1. The minimum absolute atomic E-state index is 0.000363. The third-order valence-corrected chi connectivity index (χ3v) is 6.72. The van der Waals surface area contributed by atoms with Crippen LogP contribution in [0.5, 0.6) is 0 Å². The van der Waals surface area contributed by atoms with Gasteiger partial charge in [-0.2, -0.15) is 0 Å². The molecular formula is C27H30N2O4S. The third-order valence-electron chi connectivity index (χ3n) is 5.57. The first kappa shape index (κ1) is 24.3. The van der Waals surface area contributed by atoms with Gasteiger partial charge in [0, 0.05) is 34.9 Å². The van der Waals surface area contributed by atoms with Crippen molar-refractivity contribution >= 4 is 23.5 Å². The Morgan fingerprint density at radius 2 is 1.68 bits per heavy atom. The number of rotatable bonds is 8. The molecule has 7 heteroatoms. The Labute approximate surface area is 204 Å². The zero-order chi connectivity index (χ0) is 23.8. The van der Waals surface area contributed by atoms with E-state index in [4.69, 9.17) is 9.47 Å². The van der Waals surface area contributed by atoms with Crippen LogP contribution >= 0.6 is 11.8 Å². The van der Waals surface area contributed by atoms with Crippen LogP contribution in [0.15, 0.2) is 83.8 Å². The van der Waals surface area contributed by atoms with E-state index in [1.54, 1.807) is 11.8 Å². The van der Waals surface area contributed by atoms with Gasteiger partial charge in [0.25, 0.3) is 0 Å². The summed E-state index contributed by atoms with van der Waals surface area (Å²) in [6.45, 7) is 2.46. The Hall–Kier alpha value is -2.84. The van der Waals surface area contributed by atoms with Crippen LogP contribution in [0.2, 0.25) is 0 Å². The van der Waals surface area contributed by atoms with E-state index < -0.39 is 6.29 Å². The van der Waals surface area contributed by atoms with Crippen molar-refractivity contribution in [3.63, 3.8) is 0 Å². The number of carbonyl (C=O) groups excluding carboxylic acids is 1. The van der Waals surface area contributed by atoms with Crippen molar-refractivity contribution in [1.29, 1.82) is 0 Å². The number of benzene rings is 3. The Morgan fingerprint density at radius 1 is 0.971 bits per heavy atom. The molecule has 1 aliphatic heterocycles. The summed E-state index contributed by atoms with van der Waals surface area (Å²) in [7, 11) is 0. The van der Waals surface area contributed by atoms with Crippen LogP contribution in [0.25, 0.3) is 0 Å². The highest BCUT2D eigenvalue weighted by Crippen LogP contribution is 2.39. The fourth-order valence-corrected chi connectivity index (χ4v) is 4.73. The van der Waals surface area contributed by atoms with E-state index in [1.165, 1.54) is 4.90 Å². The number of aliphatic hydroxyl groups excluding tert-OH is 1. The third kappa shape index (κ3) is 6.61. The first-order valence-corrected chi connectivity index (χ1v) is 12.5. The van der Waals surface area contributed by atoms with Gasteiger partial charge in [0.1, 0.15) is 0 Å². The fraction of sp³-hybridized carbons (Fsp3) is 0.296. The van der Waals surface area contributed by atoms with Crippen LogP contribution in [0.3, 0.4) is 0 Å². The second-order valence-corrected chi connectivity index (χ2v) is 9.17. The van der Waals surface area contributed by atoms with E-state index in [1.807, 2.05) is 73.7 Å². The molecule has 0 bridgehead atoms. The van der Waals surface area contributed by atoms with Crippen LogP contribution in [0.1, 0.15) is 42.4 Å². The topological polar surface area (TPSA) is 79.8 Å². The molecule has 0 saturated carbocycles. The van der Waals surface area contributed by atoms with Gasteiger partial charge in [-0.3, -0.25) is 0 Å². The van der Waals surface area contributed by atoms with Crippen molar-refractivity contribution in [2.24, 2.45) is 0 Å². The molecule has 3 N–H and O–H groups in total. The van der Waals surface area contributed by atoms with E-state index in [0.29, 0.717) is 12.2 Å². The molecule has 4 rings (SSSR count). The molecule has 0 unspecified atom stereocenters. The van der Waals surface area contributed by atoms with Gasteiger partial charge >= 0.3 is 6.03 Å². The van der Waals surface area contributed by atoms with Crippen LogP contribution in [0.4, 0.5) is 10.5 Å². The second kappa shape index (κ2) is 12.0. The van der Waals surface area contributed by atoms with E-state index in [-0.39, 0.29) is 24.8 Å². The summed E-state index contributed by atoms with van der Waals surface area (Å²) >= 11 is 1.77. The average molecular weight is 479 g/mol. The normalized spacial score (nSPS) is 20.0. The summed E-state index contributed by atoms with van der Waals surface area (Å²) in [6.07, 6.45) is 0.0998. The highest BCUT2D eigenvalue weighted by atomic mass is 32.2. The molecule has 1 heterocycles. The molecule has 0 aliphatic carbocycles. The van der Waals surface area contributed by atoms with Crippen molar-refractivity contribution in [2.45, 2.75) is 43.3 Å². The van der Waals surface area contributed by atoms with Gasteiger partial charge in [0.15, 0.2) is 6.29 Å². The molecule has 3 atom stereocenters. The van der Waals surface area contributed by atoms with Gasteiger partial charge in [0.2, 0.25) is 0 Å². The summed E-state index contributed by atoms with van der Waals surface area (Å²) < 4.78 is 12.7. The summed E-state index contributed by atoms with van der Waals surface area (Å²) in [5, 5.41) is 14.9. The summed E-state index contributed by atoms with van der Waals surface area (Å²) in [5.41, 5.74) is 3.54. The lowest BCUT2D eigenvalue weighted by atomic mass is 10.0. The molecule has 0 radical (unpaired) electrons. The van der Waals surface area contributed by atoms with Gasteiger partial charge in [-0.15, -0.1) is 11.8 Å². The van der Waals surface area contributed by atoms with Gasteiger partial charge in [-0.05, 0) is 42.3 Å². The molecular weight excluding hydrogens is 448 g/mol. The predicted octanol–water partition coefficient (Wildman–Crippen LogP) is 5.66. The lowest BCUT2D eigenvalue weighted by Crippen LogP contribution is -2.31. The number of ether oxygens (including phenoxy) is 2. The van der Waals surface area contributed by atoms with E-state index in [0.717, 1.165) is 28.9 Å². The maximum absolute atomic E-state index is 11.8. The average Bonchev–Trinajstić information content (AvgIpc) is 2.88. The molecule has 34 heavy (non-hydrogen) atoms. The van der Waals surface area contributed by atoms with Crippen LogP contribution in [-0.2, 0) is 16.1 Å². The van der Waals surface area contributed by atoms with E-state index in [2.05, 4.69) is 22.8 Å². The van der Waals surface area contributed by atoms with Gasteiger partial charge in [-0.25, -0.2) is 4.79 Å². The number of thioether (sulfide) groups is 1. The smallest absolute Gasteiger partial charge is 0.319 e. The molecule has 2 amide bonds. The number of aliphatic hydroxyl groups is 1. The molecule has 1 saturated heterocycles. The summed E-state index contributed by atoms with van der Waals surface area (Å²) in [4.78, 5) is 13.0. The van der Waals surface area contributed by atoms with Crippen LogP contribution < -0.4 is 10.6 Å². The Balaban J connectivity index is 1.49. The molecule has 178 valence electrons. The minimum atomic E-state index is -0.517. The fourth-order valence-electron chi connectivity index (χ4n) is 3.79. The maximum atomic E-state index is 11.8. The molecule has 3 aromatic carbocycles. The number of urea groups is 1. The van der Waals surface area contributed by atoms with Gasteiger partial charge < -0.3 is 25.2 Å². The number of hydrogen-bond donors (Lipinski definition) is 3. The first-order chi connectivity index (χ1) is 16.6. The largest absolute Gasteiger partial charge is 0.392 e. The quantitative estimate of drug-likeness (QED) is 0.364. The molecule has 0 spiro atoms. The Kier molecular flexibility index (Phi) is 8.60. The molecule has 3 aromatic rings. The number of hydrogen-bond acceptors (Lipinski definition) is 5. The number of anilines is 1. The molecule has 6 nitrogen and oxygen atoms in total. The molecule has 0 aromatic heterocycles. The molecule has 1 fully saturated rings. The Bertz CT molecular complexity index is 1040. The summed E-state index contributed by atoms with van der Waals surface area (Å²) in [5.74, 6) is 0.811. The number of nitrogens with one attached hydrogen (secondary N) is 2. The highest BCUT2D eigenvalue weighted by Gasteiger charge is 2.32. The van der Waals surface area contributed by atoms with E-state index in [9.17, 15) is 9.90 Å². The molecule has 1 aliphatic rings. The van der Waals surface area contributed by atoms with Crippen molar-refractivity contribution < 1.29 is 19.4 Å².